The van der Waals surface area contributed by atoms with Gasteiger partial charge in [-0.1, -0.05) is 18.2 Å². The van der Waals surface area contributed by atoms with E-state index < -0.39 is 0 Å². The van der Waals surface area contributed by atoms with Gasteiger partial charge in [0.25, 0.3) is 0 Å². The lowest BCUT2D eigenvalue weighted by Gasteiger charge is -2.05. The maximum absolute atomic E-state index is 11.7. The van der Waals surface area contributed by atoms with Gasteiger partial charge in [-0.05, 0) is 24.3 Å². The van der Waals surface area contributed by atoms with Crippen LogP contribution in [0, 0.1) is 0 Å². The van der Waals surface area contributed by atoms with Crippen LogP contribution in [0.25, 0.3) is 0 Å². The molecule has 5 heteroatoms. The molecular formula is C13H13N3OS. The second-order valence-electron chi connectivity index (χ2n) is 3.59. The molecule has 18 heavy (non-hydrogen) atoms. The van der Waals surface area contributed by atoms with Crippen molar-refractivity contribution in [2.45, 2.75) is 4.90 Å². The van der Waals surface area contributed by atoms with Gasteiger partial charge in [0.15, 0.2) is 0 Å². The predicted octanol–water partition coefficient (Wildman–Crippen LogP) is 2.39. The van der Waals surface area contributed by atoms with E-state index in [1.54, 1.807) is 18.3 Å². The minimum atomic E-state index is -0.0954. The molecule has 0 spiro atoms. The number of para-hydroxylation sites is 1. The molecule has 92 valence electrons. The second kappa shape index (κ2) is 6.07. The number of thioether (sulfide) groups is 1. The summed E-state index contributed by atoms with van der Waals surface area (Å²) in [4.78, 5) is 16.6. The highest BCUT2D eigenvalue weighted by molar-refractivity contribution is 8.00. The van der Waals surface area contributed by atoms with Gasteiger partial charge in [0.2, 0.25) is 5.91 Å². The summed E-state index contributed by atoms with van der Waals surface area (Å²) >= 11 is 1.41. The fraction of sp³-hybridized carbons (Fsp3) is 0.0769. The molecule has 0 unspecified atom stereocenters. The summed E-state index contributed by atoms with van der Waals surface area (Å²) in [7, 11) is 0. The summed E-state index contributed by atoms with van der Waals surface area (Å²) in [5, 5.41) is 2.72. The van der Waals surface area contributed by atoms with Crippen molar-refractivity contribution < 1.29 is 4.79 Å². The second-order valence-corrected chi connectivity index (χ2v) is 4.61. The summed E-state index contributed by atoms with van der Waals surface area (Å²) in [6.45, 7) is 0. The zero-order chi connectivity index (χ0) is 12.8. The monoisotopic (exact) mass is 259 g/mol. The van der Waals surface area contributed by atoms with Gasteiger partial charge in [0.1, 0.15) is 5.82 Å². The maximum atomic E-state index is 11.7. The number of nitrogens with two attached hydrogens (primary N) is 1. The number of nitrogens with one attached hydrogen (secondary N) is 1. The normalized spacial score (nSPS) is 10.0. The van der Waals surface area contributed by atoms with E-state index in [4.69, 9.17) is 5.73 Å². The standard InChI is InChI=1S/C13H13N3OS/c14-10-5-1-2-6-11(10)18-9-13(17)16-12-7-3-4-8-15-12/h1-8H,9,14H2,(H,15,16,17). The first kappa shape index (κ1) is 12.4. The van der Waals surface area contributed by atoms with Gasteiger partial charge in [0, 0.05) is 16.8 Å². The van der Waals surface area contributed by atoms with Crippen LogP contribution in [0.1, 0.15) is 0 Å². The van der Waals surface area contributed by atoms with E-state index in [0.29, 0.717) is 17.3 Å². The van der Waals surface area contributed by atoms with E-state index >= 15 is 0 Å². The van der Waals surface area contributed by atoms with Crippen LogP contribution < -0.4 is 11.1 Å². The molecule has 3 N–H and O–H groups in total. The Hall–Kier alpha value is -2.01. The Morgan fingerprint density at radius 2 is 2.00 bits per heavy atom. The van der Waals surface area contributed by atoms with Crippen LogP contribution in [0.5, 0.6) is 0 Å². The average molecular weight is 259 g/mol. The Morgan fingerprint density at radius 1 is 1.22 bits per heavy atom. The summed E-state index contributed by atoms with van der Waals surface area (Å²) in [6.07, 6.45) is 1.64. The van der Waals surface area contributed by atoms with Crippen LogP contribution in [0.15, 0.2) is 53.6 Å². The Bertz CT molecular complexity index is 531. The van der Waals surface area contributed by atoms with Crippen molar-refractivity contribution in [2.24, 2.45) is 0 Å². The van der Waals surface area contributed by atoms with E-state index in [-0.39, 0.29) is 5.91 Å². The van der Waals surface area contributed by atoms with Gasteiger partial charge in [-0.3, -0.25) is 4.79 Å². The van der Waals surface area contributed by atoms with Crippen molar-refractivity contribution in [3.05, 3.63) is 48.7 Å². The third-order valence-electron chi connectivity index (χ3n) is 2.21. The molecule has 1 amide bonds. The summed E-state index contributed by atoms with van der Waals surface area (Å²) < 4.78 is 0. The van der Waals surface area contributed by atoms with Gasteiger partial charge in [-0.2, -0.15) is 0 Å². The number of pyridine rings is 1. The molecular weight excluding hydrogens is 246 g/mol. The Morgan fingerprint density at radius 3 is 2.72 bits per heavy atom. The number of anilines is 2. The quantitative estimate of drug-likeness (QED) is 0.653. The largest absolute Gasteiger partial charge is 0.398 e. The average Bonchev–Trinajstić information content (AvgIpc) is 2.39. The number of benzene rings is 1. The van der Waals surface area contributed by atoms with Crippen LogP contribution >= 0.6 is 11.8 Å². The van der Waals surface area contributed by atoms with Gasteiger partial charge < -0.3 is 11.1 Å². The molecule has 2 aromatic rings. The van der Waals surface area contributed by atoms with Gasteiger partial charge in [0.05, 0.1) is 5.75 Å². The molecule has 0 aliphatic rings. The molecule has 1 aromatic heterocycles. The number of rotatable bonds is 4. The van der Waals surface area contributed by atoms with E-state index in [1.165, 1.54) is 11.8 Å². The smallest absolute Gasteiger partial charge is 0.235 e. The molecule has 4 nitrogen and oxygen atoms in total. The van der Waals surface area contributed by atoms with E-state index in [0.717, 1.165) is 4.90 Å². The van der Waals surface area contributed by atoms with Crippen LogP contribution in [-0.2, 0) is 4.79 Å². The molecule has 0 bridgehead atoms. The van der Waals surface area contributed by atoms with E-state index in [2.05, 4.69) is 10.3 Å². The lowest BCUT2D eigenvalue weighted by atomic mass is 10.3. The van der Waals surface area contributed by atoms with E-state index in [9.17, 15) is 4.79 Å². The van der Waals surface area contributed by atoms with Crippen molar-refractivity contribution in [1.29, 1.82) is 0 Å². The highest BCUT2D eigenvalue weighted by Gasteiger charge is 2.05. The molecule has 2 rings (SSSR count). The minimum absolute atomic E-state index is 0.0954. The number of carbonyl (C=O) groups is 1. The Labute approximate surface area is 110 Å². The number of aromatic nitrogens is 1. The van der Waals surface area contributed by atoms with Crippen molar-refractivity contribution in [1.82, 2.24) is 4.98 Å². The van der Waals surface area contributed by atoms with Crippen molar-refractivity contribution in [3.63, 3.8) is 0 Å². The first-order chi connectivity index (χ1) is 8.75. The Kier molecular flexibility index (Phi) is 4.20. The number of hydrogen-bond acceptors (Lipinski definition) is 4. The van der Waals surface area contributed by atoms with E-state index in [1.807, 2.05) is 30.3 Å². The summed E-state index contributed by atoms with van der Waals surface area (Å²) in [6, 6.07) is 12.9. The third-order valence-corrected chi connectivity index (χ3v) is 3.30. The molecule has 1 heterocycles. The number of carbonyl (C=O) groups excluding carboxylic acids is 1. The lowest BCUT2D eigenvalue weighted by Crippen LogP contribution is -2.14. The first-order valence-electron chi connectivity index (χ1n) is 5.44. The van der Waals surface area contributed by atoms with Gasteiger partial charge in [-0.25, -0.2) is 4.98 Å². The minimum Gasteiger partial charge on any atom is -0.398 e. The fourth-order valence-corrected chi connectivity index (χ4v) is 2.14. The van der Waals surface area contributed by atoms with Gasteiger partial charge >= 0.3 is 0 Å². The van der Waals surface area contributed by atoms with Crippen LogP contribution in [-0.4, -0.2) is 16.6 Å². The summed E-state index contributed by atoms with van der Waals surface area (Å²) in [5.74, 6) is 0.774. The molecule has 0 radical (unpaired) electrons. The van der Waals surface area contributed by atoms with Crippen molar-refractivity contribution in [2.75, 3.05) is 16.8 Å². The first-order valence-corrected chi connectivity index (χ1v) is 6.42. The number of amides is 1. The zero-order valence-corrected chi connectivity index (χ0v) is 10.5. The molecule has 0 atom stereocenters. The molecule has 0 saturated carbocycles. The number of hydrogen-bond donors (Lipinski definition) is 2. The molecule has 0 saturated heterocycles. The van der Waals surface area contributed by atoms with Crippen LogP contribution in [0.2, 0.25) is 0 Å². The SMILES string of the molecule is Nc1ccccc1SCC(=O)Nc1ccccn1. The highest BCUT2D eigenvalue weighted by Crippen LogP contribution is 2.24. The van der Waals surface area contributed by atoms with Crippen molar-refractivity contribution in [3.8, 4) is 0 Å². The fourth-order valence-electron chi connectivity index (χ4n) is 1.37. The Balaban J connectivity index is 1.88. The third kappa shape index (κ3) is 3.49. The predicted molar refractivity (Wildman–Crippen MR) is 74.4 cm³/mol. The van der Waals surface area contributed by atoms with Crippen molar-refractivity contribution >= 4 is 29.2 Å². The van der Waals surface area contributed by atoms with Gasteiger partial charge in [-0.15, -0.1) is 11.8 Å². The summed E-state index contributed by atoms with van der Waals surface area (Å²) in [5.41, 5.74) is 6.48. The number of nitrogens with zero attached hydrogens (tertiary/aromatic N) is 1. The molecule has 0 aliphatic carbocycles. The topological polar surface area (TPSA) is 68.0 Å². The maximum Gasteiger partial charge on any atom is 0.235 e. The van der Waals surface area contributed by atoms with Crippen LogP contribution in [0.4, 0.5) is 11.5 Å². The molecule has 0 aliphatic heterocycles. The van der Waals surface area contributed by atoms with Crippen LogP contribution in [0.3, 0.4) is 0 Å². The highest BCUT2D eigenvalue weighted by atomic mass is 32.2. The molecule has 0 fully saturated rings. The lowest BCUT2D eigenvalue weighted by molar-refractivity contribution is -0.113. The zero-order valence-electron chi connectivity index (χ0n) is 9.67. The number of nitrogen functional groups attached to an aromatic ring is 1. The molecule has 1 aromatic carbocycles.